The van der Waals surface area contributed by atoms with E-state index in [4.69, 9.17) is 5.11 Å². The first-order chi connectivity index (χ1) is 18.6. The van der Waals surface area contributed by atoms with E-state index in [1.807, 2.05) is 27.7 Å². The lowest BCUT2D eigenvalue weighted by molar-refractivity contribution is -0.248. The topological polar surface area (TPSA) is 72.7 Å². The number of aliphatic hydroxyl groups excluding tert-OH is 3. The quantitative estimate of drug-likeness (QED) is 0.209. The maximum Gasteiger partial charge on any atom is 0.0556 e. The van der Waals surface area contributed by atoms with E-state index in [1.165, 1.54) is 64.2 Å². The molecule has 5 aliphatic carbocycles. The normalized spacial score (nSPS) is 45.7. The monoisotopic (exact) mass is 550 g/mol. The van der Waals surface area contributed by atoms with Crippen molar-refractivity contribution in [2.75, 3.05) is 26.3 Å². The Balaban J connectivity index is 0.000000420. The van der Waals surface area contributed by atoms with Gasteiger partial charge in [-0.3, -0.25) is 0 Å². The minimum atomic E-state index is -0.0762. The second-order valence-corrected chi connectivity index (χ2v) is 14.2. The van der Waals surface area contributed by atoms with Gasteiger partial charge in [-0.2, -0.15) is 0 Å². The van der Waals surface area contributed by atoms with Crippen molar-refractivity contribution in [2.45, 2.75) is 139 Å². The molecular weight excluding hydrogens is 482 g/mol. The summed E-state index contributed by atoms with van der Waals surface area (Å²) < 4.78 is 0. The summed E-state index contributed by atoms with van der Waals surface area (Å²) in [5.41, 5.74) is 1.82. The zero-order valence-electron chi connectivity index (χ0n) is 27.2. The minimum absolute atomic E-state index is 0.0762. The van der Waals surface area contributed by atoms with E-state index in [0.29, 0.717) is 34.8 Å². The van der Waals surface area contributed by atoms with Crippen LogP contribution in [0.2, 0.25) is 0 Å². The third-order valence-electron chi connectivity index (χ3n) is 13.2. The van der Waals surface area contributed by atoms with Crippen LogP contribution in [0.3, 0.4) is 0 Å². The molecule has 0 saturated heterocycles. The van der Waals surface area contributed by atoms with Crippen LogP contribution in [0.5, 0.6) is 0 Å². The predicted octanol–water partition coefficient (Wildman–Crippen LogP) is 7.76. The standard InChI is InChI=1S/C26H44O2.C5H11NO.2C2H6/c1-22-12-13-25(4)21(24(22,3)11-9-18(28)16-22)8-7-19-20-6-5-10-26(20,17-27)15-14-23(19,25)2;1-2-3-6-4-5-7;2*1-2/h18-21,27-28H,5-17H2,1-4H3;2,6-7H,1,3-5H2;2*1-2H3/t18?,19?,20?,21?,22?,23-,24?,25?,26?;;;/m1.../s1. The molecule has 5 fully saturated rings. The molecule has 0 aromatic carbocycles. The zero-order valence-corrected chi connectivity index (χ0v) is 27.2. The Morgan fingerprint density at radius 1 is 0.769 bits per heavy atom. The Hall–Kier alpha value is -0.420. The molecule has 8 unspecified atom stereocenters. The van der Waals surface area contributed by atoms with Gasteiger partial charge in [-0.05, 0) is 115 Å². The van der Waals surface area contributed by atoms with Crippen molar-refractivity contribution in [1.82, 2.24) is 5.32 Å². The van der Waals surface area contributed by atoms with E-state index in [0.717, 1.165) is 37.1 Å². The fourth-order valence-corrected chi connectivity index (χ4v) is 10.7. The van der Waals surface area contributed by atoms with Crippen LogP contribution in [0, 0.1) is 44.8 Å². The lowest BCUT2D eigenvalue weighted by atomic mass is 9.32. The fraction of sp³-hybridized carbons (Fsp3) is 0.943. The summed E-state index contributed by atoms with van der Waals surface area (Å²) in [5, 5.41) is 31.9. The van der Waals surface area contributed by atoms with Gasteiger partial charge in [0.05, 0.1) is 12.7 Å². The van der Waals surface area contributed by atoms with Crippen molar-refractivity contribution in [1.29, 1.82) is 0 Å². The maximum absolute atomic E-state index is 10.5. The summed E-state index contributed by atoms with van der Waals surface area (Å²) in [6.45, 7) is 24.0. The summed E-state index contributed by atoms with van der Waals surface area (Å²) in [6.07, 6.45) is 16.9. The summed E-state index contributed by atoms with van der Waals surface area (Å²) in [5.74, 6) is 2.39. The van der Waals surface area contributed by atoms with Gasteiger partial charge in [0.2, 0.25) is 0 Å². The van der Waals surface area contributed by atoms with E-state index in [9.17, 15) is 10.2 Å². The summed E-state index contributed by atoms with van der Waals surface area (Å²) in [6, 6.07) is 0. The fourth-order valence-electron chi connectivity index (χ4n) is 10.7. The molecule has 9 atom stereocenters. The zero-order chi connectivity index (χ0) is 29.5. The van der Waals surface area contributed by atoms with Crippen molar-refractivity contribution in [3.63, 3.8) is 0 Å². The van der Waals surface area contributed by atoms with Crippen LogP contribution in [0.4, 0.5) is 0 Å². The van der Waals surface area contributed by atoms with Crippen molar-refractivity contribution in [2.24, 2.45) is 44.8 Å². The smallest absolute Gasteiger partial charge is 0.0556 e. The molecule has 5 aliphatic rings. The van der Waals surface area contributed by atoms with E-state index in [1.54, 1.807) is 6.08 Å². The van der Waals surface area contributed by atoms with Gasteiger partial charge in [-0.1, -0.05) is 67.9 Å². The molecule has 230 valence electrons. The first-order valence-electron chi connectivity index (χ1n) is 16.8. The molecule has 0 spiro atoms. The summed E-state index contributed by atoms with van der Waals surface area (Å²) >= 11 is 0. The molecule has 0 aliphatic heterocycles. The molecule has 0 aromatic heterocycles. The van der Waals surface area contributed by atoms with Gasteiger partial charge in [0.15, 0.2) is 0 Å². The molecule has 0 heterocycles. The summed E-state index contributed by atoms with van der Waals surface area (Å²) in [4.78, 5) is 0. The van der Waals surface area contributed by atoms with Crippen LogP contribution in [-0.4, -0.2) is 47.7 Å². The third-order valence-corrected chi connectivity index (χ3v) is 13.2. The molecule has 5 rings (SSSR count). The molecule has 0 aromatic rings. The number of aliphatic hydroxyl groups is 3. The Labute approximate surface area is 242 Å². The molecule has 4 nitrogen and oxygen atoms in total. The highest BCUT2D eigenvalue weighted by molar-refractivity contribution is 5.19. The van der Waals surface area contributed by atoms with Gasteiger partial charge in [-0.25, -0.2) is 0 Å². The van der Waals surface area contributed by atoms with Crippen molar-refractivity contribution >= 4 is 0 Å². The molecule has 0 bridgehead atoms. The number of hydrogen-bond donors (Lipinski definition) is 4. The van der Waals surface area contributed by atoms with Crippen LogP contribution in [0.25, 0.3) is 0 Å². The van der Waals surface area contributed by atoms with Gasteiger partial charge in [0, 0.05) is 19.7 Å². The highest BCUT2D eigenvalue weighted by Gasteiger charge is 2.70. The van der Waals surface area contributed by atoms with Gasteiger partial charge in [-0.15, -0.1) is 6.58 Å². The molecule has 4 N–H and O–H groups in total. The van der Waals surface area contributed by atoms with Crippen LogP contribution in [0.15, 0.2) is 12.7 Å². The van der Waals surface area contributed by atoms with E-state index >= 15 is 0 Å². The van der Waals surface area contributed by atoms with Crippen molar-refractivity contribution in [3.05, 3.63) is 12.7 Å². The first kappa shape index (κ1) is 34.8. The second kappa shape index (κ2) is 14.2. The Morgan fingerprint density at radius 3 is 2.05 bits per heavy atom. The average molecular weight is 550 g/mol. The maximum atomic E-state index is 10.5. The minimum Gasteiger partial charge on any atom is -0.396 e. The molecule has 5 saturated carbocycles. The SMILES string of the molecule is C=CCNCCO.CC.CC.CC12CCC3(C)C(CCC4C5CCCC5(CO)CC[C@]43C)C1(C)CCC(O)C2. The first-order valence-corrected chi connectivity index (χ1v) is 16.8. The highest BCUT2D eigenvalue weighted by atomic mass is 16.3. The van der Waals surface area contributed by atoms with Gasteiger partial charge < -0.3 is 20.6 Å². The molecular formula is C35H67NO3. The van der Waals surface area contributed by atoms with Crippen LogP contribution in [0.1, 0.15) is 132 Å². The van der Waals surface area contributed by atoms with Gasteiger partial charge in [0.1, 0.15) is 0 Å². The molecule has 4 heteroatoms. The van der Waals surface area contributed by atoms with Crippen LogP contribution < -0.4 is 5.32 Å². The molecule has 39 heavy (non-hydrogen) atoms. The highest BCUT2D eigenvalue weighted by Crippen LogP contribution is 2.77. The average Bonchev–Trinajstić information content (AvgIpc) is 3.38. The lowest BCUT2D eigenvalue weighted by Crippen LogP contribution is -2.66. The largest absolute Gasteiger partial charge is 0.396 e. The van der Waals surface area contributed by atoms with Gasteiger partial charge in [0.25, 0.3) is 0 Å². The predicted molar refractivity (Wildman–Crippen MR) is 167 cm³/mol. The summed E-state index contributed by atoms with van der Waals surface area (Å²) in [7, 11) is 0. The molecule has 0 radical (unpaired) electrons. The third kappa shape index (κ3) is 5.93. The molecule has 0 amide bonds. The van der Waals surface area contributed by atoms with E-state index in [-0.39, 0.29) is 18.1 Å². The Kier molecular flexibility index (Phi) is 12.6. The number of rotatable bonds is 5. The van der Waals surface area contributed by atoms with Crippen molar-refractivity contribution < 1.29 is 15.3 Å². The Bertz CT molecular complexity index is 758. The van der Waals surface area contributed by atoms with E-state index in [2.05, 4.69) is 39.6 Å². The number of nitrogens with one attached hydrogen (secondary N) is 1. The van der Waals surface area contributed by atoms with E-state index < -0.39 is 0 Å². The van der Waals surface area contributed by atoms with Crippen LogP contribution in [-0.2, 0) is 0 Å². The number of hydrogen-bond acceptors (Lipinski definition) is 4. The second-order valence-electron chi connectivity index (χ2n) is 14.2. The Morgan fingerprint density at radius 2 is 1.44 bits per heavy atom. The van der Waals surface area contributed by atoms with Crippen LogP contribution >= 0.6 is 0 Å². The van der Waals surface area contributed by atoms with Gasteiger partial charge >= 0.3 is 0 Å². The number of fused-ring (bicyclic) bond motifs is 7. The lowest BCUT2D eigenvalue weighted by Gasteiger charge is -2.73. The van der Waals surface area contributed by atoms with Crippen molar-refractivity contribution in [3.8, 4) is 0 Å².